The molecule has 0 fully saturated rings. The maximum Gasteiger partial charge on any atom is 0.134 e. The fraction of sp³-hybridized carbons (Fsp3) is 0.125. The molecule has 0 spiro atoms. The lowest BCUT2D eigenvalue weighted by molar-refractivity contribution is 0.622. The van der Waals surface area contributed by atoms with E-state index in [0.29, 0.717) is 34.9 Å². The third-order valence-corrected chi connectivity index (χ3v) is 3.48. The topological polar surface area (TPSA) is 37.8 Å². The van der Waals surface area contributed by atoms with Gasteiger partial charge in [-0.1, -0.05) is 48.0 Å². The largest absolute Gasteiger partial charge is 0.370 e. The van der Waals surface area contributed by atoms with E-state index in [4.69, 9.17) is 11.6 Å². The molecule has 2 aromatic carbocycles. The number of benzene rings is 2. The number of hydrogen-bond acceptors (Lipinski definition) is 3. The highest BCUT2D eigenvalue weighted by Crippen LogP contribution is 2.21. The Hall–Kier alpha value is -2.20. The van der Waals surface area contributed by atoms with Crippen molar-refractivity contribution in [3.05, 3.63) is 65.3 Å². The van der Waals surface area contributed by atoms with Gasteiger partial charge in [0.05, 0.1) is 0 Å². The molecular formula is C16H13ClFN3. The maximum absolute atomic E-state index is 14.4. The van der Waals surface area contributed by atoms with Crippen molar-refractivity contribution in [1.82, 2.24) is 9.97 Å². The molecule has 0 radical (unpaired) electrons. The summed E-state index contributed by atoms with van der Waals surface area (Å²) < 4.78 is 14.4. The average molecular weight is 302 g/mol. The Kier molecular flexibility index (Phi) is 3.97. The molecule has 21 heavy (non-hydrogen) atoms. The van der Waals surface area contributed by atoms with E-state index >= 15 is 0 Å². The molecule has 106 valence electrons. The number of hydrogen-bond donors (Lipinski definition) is 1. The molecule has 0 aliphatic carbocycles. The molecular weight excluding hydrogens is 289 g/mol. The van der Waals surface area contributed by atoms with E-state index in [0.717, 1.165) is 5.39 Å². The highest BCUT2D eigenvalue weighted by Gasteiger charge is 2.06. The van der Waals surface area contributed by atoms with Crippen LogP contribution in [0.25, 0.3) is 10.8 Å². The first-order valence-electron chi connectivity index (χ1n) is 6.61. The number of anilines is 1. The molecule has 0 saturated heterocycles. The van der Waals surface area contributed by atoms with Crippen LogP contribution in [0.4, 0.5) is 10.2 Å². The van der Waals surface area contributed by atoms with Gasteiger partial charge in [-0.05, 0) is 17.4 Å². The third kappa shape index (κ3) is 3.11. The standard InChI is InChI=1S/C16H13ClFN3/c17-14-9-15(21-10-20-14)19-8-7-12-6-5-11-3-1-2-4-13(11)16(12)18/h1-6,9-10H,7-8H2,(H,19,20,21). The number of aromatic nitrogens is 2. The normalized spacial score (nSPS) is 10.8. The van der Waals surface area contributed by atoms with Crippen molar-refractivity contribution in [3.63, 3.8) is 0 Å². The van der Waals surface area contributed by atoms with Crippen LogP contribution in [-0.4, -0.2) is 16.5 Å². The quantitative estimate of drug-likeness (QED) is 0.738. The summed E-state index contributed by atoms with van der Waals surface area (Å²) in [5.41, 5.74) is 0.682. The van der Waals surface area contributed by atoms with Gasteiger partial charge in [-0.25, -0.2) is 14.4 Å². The average Bonchev–Trinajstić information content (AvgIpc) is 2.50. The van der Waals surface area contributed by atoms with Crippen molar-refractivity contribution >= 4 is 28.2 Å². The van der Waals surface area contributed by atoms with Gasteiger partial charge in [-0.15, -0.1) is 0 Å². The van der Waals surface area contributed by atoms with Crippen LogP contribution in [0.1, 0.15) is 5.56 Å². The molecule has 3 rings (SSSR count). The minimum absolute atomic E-state index is 0.157. The Morgan fingerprint density at radius 2 is 1.95 bits per heavy atom. The van der Waals surface area contributed by atoms with Crippen LogP contribution in [-0.2, 0) is 6.42 Å². The Bertz CT molecular complexity index is 776. The lowest BCUT2D eigenvalue weighted by Crippen LogP contribution is -2.07. The summed E-state index contributed by atoms with van der Waals surface area (Å²) in [6.45, 7) is 0.572. The summed E-state index contributed by atoms with van der Waals surface area (Å²) in [6, 6.07) is 12.9. The third-order valence-electron chi connectivity index (χ3n) is 3.28. The second-order valence-electron chi connectivity index (χ2n) is 4.66. The van der Waals surface area contributed by atoms with Gasteiger partial charge in [0, 0.05) is 18.0 Å². The Morgan fingerprint density at radius 3 is 2.81 bits per heavy atom. The van der Waals surface area contributed by atoms with E-state index in [1.165, 1.54) is 6.33 Å². The van der Waals surface area contributed by atoms with E-state index in [1.807, 2.05) is 30.3 Å². The molecule has 0 amide bonds. The number of fused-ring (bicyclic) bond motifs is 1. The second-order valence-corrected chi connectivity index (χ2v) is 5.05. The first-order chi connectivity index (χ1) is 10.2. The van der Waals surface area contributed by atoms with Gasteiger partial charge in [0.2, 0.25) is 0 Å². The van der Waals surface area contributed by atoms with Crippen molar-refractivity contribution in [2.75, 3.05) is 11.9 Å². The van der Waals surface area contributed by atoms with Gasteiger partial charge >= 0.3 is 0 Å². The van der Waals surface area contributed by atoms with Gasteiger partial charge in [0.15, 0.2) is 0 Å². The van der Waals surface area contributed by atoms with Gasteiger partial charge in [0.25, 0.3) is 0 Å². The van der Waals surface area contributed by atoms with Crippen LogP contribution in [0.3, 0.4) is 0 Å². The van der Waals surface area contributed by atoms with Crippen molar-refractivity contribution in [1.29, 1.82) is 0 Å². The van der Waals surface area contributed by atoms with Gasteiger partial charge in [-0.3, -0.25) is 0 Å². The maximum atomic E-state index is 14.4. The van der Waals surface area contributed by atoms with Gasteiger partial charge < -0.3 is 5.32 Å². The molecule has 3 nitrogen and oxygen atoms in total. The number of nitrogens with zero attached hydrogens (tertiary/aromatic N) is 2. The molecule has 0 bridgehead atoms. The van der Waals surface area contributed by atoms with E-state index in [1.54, 1.807) is 12.1 Å². The fourth-order valence-electron chi connectivity index (χ4n) is 2.23. The number of rotatable bonds is 4. The zero-order chi connectivity index (χ0) is 14.7. The minimum Gasteiger partial charge on any atom is -0.370 e. The smallest absolute Gasteiger partial charge is 0.134 e. The van der Waals surface area contributed by atoms with E-state index in [2.05, 4.69) is 15.3 Å². The minimum atomic E-state index is -0.157. The zero-order valence-electron chi connectivity index (χ0n) is 11.2. The molecule has 5 heteroatoms. The highest BCUT2D eigenvalue weighted by atomic mass is 35.5. The predicted molar refractivity (Wildman–Crippen MR) is 83.1 cm³/mol. The molecule has 0 unspecified atom stereocenters. The molecule has 1 N–H and O–H groups in total. The number of nitrogens with one attached hydrogen (secondary N) is 1. The van der Waals surface area contributed by atoms with Crippen molar-refractivity contribution in [2.24, 2.45) is 0 Å². The van der Waals surface area contributed by atoms with Gasteiger partial charge in [-0.2, -0.15) is 0 Å². The molecule has 1 aromatic heterocycles. The molecule has 0 atom stereocenters. The SMILES string of the molecule is Fc1c(CCNc2cc(Cl)ncn2)ccc2ccccc12. The van der Waals surface area contributed by atoms with Crippen LogP contribution in [0.5, 0.6) is 0 Å². The number of halogens is 2. The first kappa shape index (κ1) is 13.8. The molecule has 0 aliphatic heterocycles. The lowest BCUT2D eigenvalue weighted by Gasteiger charge is -2.08. The molecule has 1 heterocycles. The first-order valence-corrected chi connectivity index (χ1v) is 6.99. The summed E-state index contributed by atoms with van der Waals surface area (Å²) in [4.78, 5) is 7.85. The van der Waals surface area contributed by atoms with Gasteiger partial charge in [0.1, 0.15) is 23.1 Å². The van der Waals surface area contributed by atoms with E-state index in [-0.39, 0.29) is 5.82 Å². The van der Waals surface area contributed by atoms with Crippen LogP contribution >= 0.6 is 11.6 Å². The van der Waals surface area contributed by atoms with Crippen molar-refractivity contribution in [2.45, 2.75) is 6.42 Å². The zero-order valence-corrected chi connectivity index (χ0v) is 11.9. The van der Waals surface area contributed by atoms with Crippen molar-refractivity contribution < 1.29 is 4.39 Å². The van der Waals surface area contributed by atoms with E-state index < -0.39 is 0 Å². The second kappa shape index (κ2) is 6.06. The molecule has 3 aromatic rings. The van der Waals surface area contributed by atoms with Crippen molar-refractivity contribution in [3.8, 4) is 0 Å². The van der Waals surface area contributed by atoms with Crippen LogP contribution in [0.15, 0.2) is 48.8 Å². The molecule has 0 aliphatic rings. The summed E-state index contributed by atoms with van der Waals surface area (Å²) in [5, 5.41) is 5.05. The van der Waals surface area contributed by atoms with Crippen LogP contribution in [0, 0.1) is 5.82 Å². The summed E-state index contributed by atoms with van der Waals surface area (Å²) in [6.07, 6.45) is 1.96. The fourth-order valence-corrected chi connectivity index (χ4v) is 2.37. The summed E-state index contributed by atoms with van der Waals surface area (Å²) in [5.74, 6) is 0.479. The Morgan fingerprint density at radius 1 is 1.10 bits per heavy atom. The van der Waals surface area contributed by atoms with Crippen LogP contribution in [0.2, 0.25) is 5.15 Å². The summed E-state index contributed by atoms with van der Waals surface area (Å²) >= 11 is 5.78. The van der Waals surface area contributed by atoms with E-state index in [9.17, 15) is 4.39 Å². The van der Waals surface area contributed by atoms with Crippen LogP contribution < -0.4 is 5.32 Å². The monoisotopic (exact) mass is 301 g/mol. The molecule has 0 saturated carbocycles. The Labute approximate surface area is 126 Å². The Balaban J connectivity index is 1.72. The predicted octanol–water partition coefficient (Wildman–Crippen LogP) is 4.08. The highest BCUT2D eigenvalue weighted by molar-refractivity contribution is 6.29. The lowest BCUT2D eigenvalue weighted by atomic mass is 10.0. The summed E-state index contributed by atoms with van der Waals surface area (Å²) in [7, 11) is 0.